The van der Waals surface area contributed by atoms with Gasteiger partial charge < -0.3 is 5.32 Å². The van der Waals surface area contributed by atoms with Crippen molar-refractivity contribution in [1.29, 1.82) is 0 Å². The monoisotopic (exact) mass is 271 g/mol. The first-order chi connectivity index (χ1) is 9.47. The molecule has 2 N–H and O–H groups in total. The third kappa shape index (κ3) is 3.12. The van der Waals surface area contributed by atoms with E-state index in [-0.39, 0.29) is 17.6 Å². The van der Waals surface area contributed by atoms with Crippen LogP contribution in [0.3, 0.4) is 0 Å². The molecule has 104 valence electrons. The minimum absolute atomic E-state index is 0.0389. The number of hydrogen-bond acceptors (Lipinski definition) is 3. The molecule has 0 bridgehead atoms. The second-order valence-electron chi connectivity index (χ2n) is 4.95. The van der Waals surface area contributed by atoms with Crippen LogP contribution in [0.5, 0.6) is 0 Å². The van der Waals surface area contributed by atoms with Crippen LogP contribution in [-0.4, -0.2) is 21.9 Å². The molecule has 0 atom stereocenters. The molecule has 5 nitrogen and oxygen atoms in total. The van der Waals surface area contributed by atoms with Crippen LogP contribution >= 0.6 is 0 Å². The van der Waals surface area contributed by atoms with Crippen LogP contribution in [0.2, 0.25) is 0 Å². The molecule has 0 radical (unpaired) electrons. The number of H-pyrrole nitrogens is 1. The van der Waals surface area contributed by atoms with Crippen LogP contribution in [0, 0.1) is 0 Å². The number of aromatic nitrogens is 2. The van der Waals surface area contributed by atoms with Gasteiger partial charge in [-0.25, -0.2) is 0 Å². The highest BCUT2D eigenvalue weighted by molar-refractivity contribution is 6.04. The van der Waals surface area contributed by atoms with Gasteiger partial charge in [-0.3, -0.25) is 14.7 Å². The second kappa shape index (κ2) is 5.69. The molecule has 2 aromatic rings. The number of amides is 1. The molecule has 0 fully saturated rings. The molecular formula is C15H17N3O2. The summed E-state index contributed by atoms with van der Waals surface area (Å²) in [4.78, 5) is 23.4. The van der Waals surface area contributed by atoms with Gasteiger partial charge >= 0.3 is 0 Å². The maximum absolute atomic E-state index is 12.1. The highest BCUT2D eigenvalue weighted by atomic mass is 16.2. The number of ketones is 1. The van der Waals surface area contributed by atoms with Gasteiger partial charge in [0.15, 0.2) is 11.5 Å². The summed E-state index contributed by atoms with van der Waals surface area (Å²) in [7, 11) is 0. The van der Waals surface area contributed by atoms with E-state index in [1.807, 2.05) is 13.8 Å². The highest BCUT2D eigenvalue weighted by Gasteiger charge is 2.12. The van der Waals surface area contributed by atoms with E-state index in [2.05, 4.69) is 15.5 Å². The van der Waals surface area contributed by atoms with E-state index >= 15 is 0 Å². The summed E-state index contributed by atoms with van der Waals surface area (Å²) in [5.74, 6) is -0.0538. The fourth-order valence-electron chi connectivity index (χ4n) is 1.76. The van der Waals surface area contributed by atoms with E-state index in [4.69, 9.17) is 0 Å². The molecule has 2 rings (SSSR count). The standard InChI is InChI=1S/C15H17N3O2/c1-9(2)13-8-14(18-17-13)15(20)16-12-6-4-5-11(7-12)10(3)19/h4-9H,1-3H3,(H,16,20)(H,17,18). The summed E-state index contributed by atoms with van der Waals surface area (Å²) >= 11 is 0. The molecule has 20 heavy (non-hydrogen) atoms. The number of aromatic amines is 1. The lowest BCUT2D eigenvalue weighted by molar-refractivity contribution is 0.100. The summed E-state index contributed by atoms with van der Waals surface area (Å²) in [5.41, 5.74) is 2.39. The zero-order valence-electron chi connectivity index (χ0n) is 11.7. The molecule has 0 aliphatic carbocycles. The Morgan fingerprint density at radius 3 is 2.60 bits per heavy atom. The van der Waals surface area contributed by atoms with E-state index in [1.54, 1.807) is 30.3 Å². The van der Waals surface area contributed by atoms with Crippen LogP contribution in [0.15, 0.2) is 30.3 Å². The van der Waals surface area contributed by atoms with Gasteiger partial charge in [0.05, 0.1) is 0 Å². The van der Waals surface area contributed by atoms with Crippen molar-refractivity contribution < 1.29 is 9.59 Å². The molecule has 1 aromatic heterocycles. The van der Waals surface area contributed by atoms with Gasteiger partial charge in [0.1, 0.15) is 0 Å². The Hall–Kier alpha value is -2.43. The van der Waals surface area contributed by atoms with E-state index in [0.29, 0.717) is 16.9 Å². The number of hydrogen-bond donors (Lipinski definition) is 2. The van der Waals surface area contributed by atoms with Crippen molar-refractivity contribution in [2.24, 2.45) is 0 Å². The lowest BCUT2D eigenvalue weighted by atomic mass is 10.1. The Labute approximate surface area is 117 Å². The number of rotatable bonds is 4. The zero-order valence-corrected chi connectivity index (χ0v) is 11.7. The molecule has 1 aromatic carbocycles. The number of nitrogens with zero attached hydrogens (tertiary/aromatic N) is 1. The van der Waals surface area contributed by atoms with E-state index < -0.39 is 0 Å². The summed E-state index contributed by atoms with van der Waals surface area (Å²) in [6, 6.07) is 8.56. The van der Waals surface area contributed by atoms with Crippen molar-refractivity contribution in [3.63, 3.8) is 0 Å². The summed E-state index contributed by atoms with van der Waals surface area (Å²) in [6.07, 6.45) is 0. The minimum Gasteiger partial charge on any atom is -0.321 e. The van der Waals surface area contributed by atoms with Gasteiger partial charge in [-0.05, 0) is 31.0 Å². The lowest BCUT2D eigenvalue weighted by Crippen LogP contribution is -2.12. The number of anilines is 1. The third-order valence-corrected chi connectivity index (χ3v) is 2.98. The predicted molar refractivity (Wildman–Crippen MR) is 77.1 cm³/mol. The minimum atomic E-state index is -0.297. The fraction of sp³-hybridized carbons (Fsp3) is 0.267. The summed E-state index contributed by atoms with van der Waals surface area (Å²) in [5, 5.41) is 9.56. The number of Topliss-reactive ketones (excluding diaryl/α,β-unsaturated/α-hetero) is 1. The van der Waals surface area contributed by atoms with Crippen LogP contribution in [-0.2, 0) is 0 Å². The Bertz CT molecular complexity index is 644. The summed E-state index contributed by atoms with van der Waals surface area (Å²) < 4.78 is 0. The van der Waals surface area contributed by atoms with Gasteiger partial charge in [0, 0.05) is 16.9 Å². The quantitative estimate of drug-likeness (QED) is 0.839. The van der Waals surface area contributed by atoms with E-state index in [0.717, 1.165) is 5.69 Å². The molecule has 1 heterocycles. The maximum Gasteiger partial charge on any atom is 0.276 e. The third-order valence-electron chi connectivity index (χ3n) is 2.98. The van der Waals surface area contributed by atoms with Gasteiger partial charge in [-0.15, -0.1) is 0 Å². The largest absolute Gasteiger partial charge is 0.321 e. The molecule has 0 unspecified atom stereocenters. The smallest absolute Gasteiger partial charge is 0.276 e. The molecule has 5 heteroatoms. The van der Waals surface area contributed by atoms with Crippen LogP contribution in [0.25, 0.3) is 0 Å². The molecule has 1 amide bonds. The molecular weight excluding hydrogens is 254 g/mol. The van der Waals surface area contributed by atoms with Crippen molar-refractivity contribution in [2.75, 3.05) is 5.32 Å². The molecule has 0 saturated heterocycles. The van der Waals surface area contributed by atoms with Gasteiger partial charge in [0.25, 0.3) is 5.91 Å². The topological polar surface area (TPSA) is 74.8 Å². The Morgan fingerprint density at radius 1 is 1.25 bits per heavy atom. The van der Waals surface area contributed by atoms with Crippen LogP contribution < -0.4 is 5.32 Å². The van der Waals surface area contributed by atoms with Gasteiger partial charge in [0.2, 0.25) is 0 Å². The molecule has 0 saturated carbocycles. The van der Waals surface area contributed by atoms with Crippen molar-refractivity contribution in [2.45, 2.75) is 26.7 Å². The fourth-order valence-corrected chi connectivity index (χ4v) is 1.76. The first kappa shape index (κ1) is 14.0. The zero-order chi connectivity index (χ0) is 14.7. The summed E-state index contributed by atoms with van der Waals surface area (Å²) in [6.45, 7) is 5.53. The lowest BCUT2D eigenvalue weighted by Gasteiger charge is -2.04. The average Bonchev–Trinajstić information content (AvgIpc) is 2.88. The van der Waals surface area contributed by atoms with Crippen molar-refractivity contribution in [3.8, 4) is 0 Å². The molecule has 0 aliphatic heterocycles. The van der Waals surface area contributed by atoms with Crippen molar-refractivity contribution in [3.05, 3.63) is 47.3 Å². The van der Waals surface area contributed by atoms with Gasteiger partial charge in [-0.2, -0.15) is 5.10 Å². The number of carbonyl (C=O) groups excluding carboxylic acids is 2. The first-order valence-corrected chi connectivity index (χ1v) is 6.45. The number of carbonyl (C=O) groups is 2. The van der Waals surface area contributed by atoms with Gasteiger partial charge in [-0.1, -0.05) is 26.0 Å². The Morgan fingerprint density at radius 2 is 2.00 bits per heavy atom. The van der Waals surface area contributed by atoms with Crippen molar-refractivity contribution in [1.82, 2.24) is 10.2 Å². The molecule has 0 spiro atoms. The Balaban J connectivity index is 2.14. The Kier molecular flexibility index (Phi) is 3.98. The SMILES string of the molecule is CC(=O)c1cccc(NC(=O)c2cc(C(C)C)[nH]n2)c1. The second-order valence-corrected chi connectivity index (χ2v) is 4.95. The predicted octanol–water partition coefficient (Wildman–Crippen LogP) is 2.99. The van der Waals surface area contributed by atoms with Crippen molar-refractivity contribution >= 4 is 17.4 Å². The molecule has 0 aliphatic rings. The maximum atomic E-state index is 12.1. The normalized spacial score (nSPS) is 10.6. The van der Waals surface area contributed by atoms with Crippen LogP contribution in [0.1, 0.15) is 53.2 Å². The first-order valence-electron chi connectivity index (χ1n) is 6.45. The average molecular weight is 271 g/mol. The van der Waals surface area contributed by atoms with E-state index in [9.17, 15) is 9.59 Å². The highest BCUT2D eigenvalue weighted by Crippen LogP contribution is 2.15. The van der Waals surface area contributed by atoms with Crippen LogP contribution in [0.4, 0.5) is 5.69 Å². The number of nitrogens with one attached hydrogen (secondary N) is 2. The van der Waals surface area contributed by atoms with E-state index in [1.165, 1.54) is 6.92 Å². The number of benzene rings is 1.